The Hall–Kier alpha value is -1.05. The number of aryl methyl sites for hydroxylation is 2. The van der Waals surface area contributed by atoms with Gasteiger partial charge in [-0.05, 0) is 37.7 Å². The number of aromatic nitrogens is 1. The molecule has 1 aliphatic carbocycles. The minimum atomic E-state index is 0.794. The molecule has 1 heterocycles. The van der Waals surface area contributed by atoms with E-state index in [1.807, 2.05) is 6.07 Å². The number of unbranched alkanes of at least 4 members (excludes halogenated alkanes) is 1. The van der Waals surface area contributed by atoms with Crippen LogP contribution >= 0.6 is 0 Å². The van der Waals surface area contributed by atoms with E-state index in [4.69, 9.17) is 4.74 Å². The van der Waals surface area contributed by atoms with Crippen LogP contribution in [0.2, 0.25) is 0 Å². The summed E-state index contributed by atoms with van der Waals surface area (Å²) in [4.78, 5) is 4.56. The third-order valence-corrected chi connectivity index (χ3v) is 2.90. The van der Waals surface area contributed by atoms with E-state index in [1.54, 1.807) is 0 Å². The number of nitrogens with zero attached hydrogens (tertiary/aromatic N) is 1. The maximum absolute atomic E-state index is 5.60. The van der Waals surface area contributed by atoms with Crippen molar-refractivity contribution >= 4 is 0 Å². The van der Waals surface area contributed by atoms with E-state index in [-0.39, 0.29) is 0 Å². The van der Waals surface area contributed by atoms with Gasteiger partial charge in [-0.3, -0.25) is 0 Å². The molecule has 0 fully saturated rings. The summed E-state index contributed by atoms with van der Waals surface area (Å²) in [5, 5.41) is 0. The van der Waals surface area contributed by atoms with Crippen LogP contribution in [0.5, 0.6) is 5.88 Å². The Labute approximate surface area is 91.7 Å². The van der Waals surface area contributed by atoms with Crippen LogP contribution in [0.3, 0.4) is 0 Å². The first-order valence-electron chi connectivity index (χ1n) is 6.01. The number of pyridine rings is 1. The minimum absolute atomic E-state index is 0.794. The lowest BCUT2D eigenvalue weighted by Gasteiger charge is -2.15. The topological polar surface area (TPSA) is 22.1 Å². The highest BCUT2D eigenvalue weighted by Crippen LogP contribution is 2.21. The number of hydrogen-bond donors (Lipinski definition) is 0. The standard InChI is InChI=1S/C13H19NO/c1-2-3-10-15-13-9-8-11-6-4-5-7-12(11)14-13/h8-9H,2-7,10H2,1H3. The highest BCUT2D eigenvalue weighted by atomic mass is 16.5. The molecule has 0 saturated heterocycles. The predicted molar refractivity (Wildman–Crippen MR) is 61.3 cm³/mol. The molecule has 0 saturated carbocycles. The zero-order valence-electron chi connectivity index (χ0n) is 9.46. The van der Waals surface area contributed by atoms with Crippen molar-refractivity contribution in [3.63, 3.8) is 0 Å². The van der Waals surface area contributed by atoms with Gasteiger partial charge in [-0.15, -0.1) is 0 Å². The fraction of sp³-hybridized carbons (Fsp3) is 0.615. The molecule has 0 bridgehead atoms. The second-order valence-corrected chi connectivity index (χ2v) is 4.16. The highest BCUT2D eigenvalue weighted by Gasteiger charge is 2.11. The zero-order chi connectivity index (χ0) is 10.5. The van der Waals surface area contributed by atoms with Gasteiger partial charge in [0.25, 0.3) is 0 Å². The van der Waals surface area contributed by atoms with E-state index >= 15 is 0 Å². The molecule has 0 spiro atoms. The lowest BCUT2D eigenvalue weighted by Crippen LogP contribution is -2.07. The van der Waals surface area contributed by atoms with Crippen LogP contribution in [0.25, 0.3) is 0 Å². The first-order valence-corrected chi connectivity index (χ1v) is 6.01. The number of rotatable bonds is 4. The summed E-state index contributed by atoms with van der Waals surface area (Å²) in [6.45, 7) is 2.96. The third kappa shape index (κ3) is 2.71. The lowest BCUT2D eigenvalue weighted by molar-refractivity contribution is 0.296. The maximum atomic E-state index is 5.60. The monoisotopic (exact) mass is 205 g/mol. The molecule has 2 heteroatoms. The fourth-order valence-electron chi connectivity index (χ4n) is 1.96. The Bertz CT molecular complexity index is 322. The van der Waals surface area contributed by atoms with Crippen molar-refractivity contribution in [2.45, 2.75) is 45.4 Å². The number of ether oxygens (including phenoxy) is 1. The van der Waals surface area contributed by atoms with Gasteiger partial charge in [0, 0.05) is 11.8 Å². The SMILES string of the molecule is CCCCOc1ccc2c(n1)CCCC2. The van der Waals surface area contributed by atoms with Gasteiger partial charge in [-0.1, -0.05) is 19.4 Å². The van der Waals surface area contributed by atoms with Crippen molar-refractivity contribution in [2.24, 2.45) is 0 Å². The molecule has 0 unspecified atom stereocenters. The molecule has 0 aliphatic heterocycles. The summed E-state index contributed by atoms with van der Waals surface area (Å²) in [6.07, 6.45) is 7.19. The normalized spacial score (nSPS) is 14.7. The molecule has 82 valence electrons. The van der Waals surface area contributed by atoms with Crippen LogP contribution in [0.1, 0.15) is 43.9 Å². The molecule has 1 aromatic heterocycles. The highest BCUT2D eigenvalue weighted by molar-refractivity contribution is 5.27. The smallest absolute Gasteiger partial charge is 0.213 e. The zero-order valence-corrected chi connectivity index (χ0v) is 9.46. The lowest BCUT2D eigenvalue weighted by atomic mass is 9.96. The first-order chi connectivity index (χ1) is 7.40. The van der Waals surface area contributed by atoms with E-state index in [2.05, 4.69) is 18.0 Å². The molecule has 0 radical (unpaired) electrons. The van der Waals surface area contributed by atoms with E-state index in [0.717, 1.165) is 25.3 Å². The Kier molecular flexibility index (Phi) is 3.59. The van der Waals surface area contributed by atoms with E-state index < -0.39 is 0 Å². The van der Waals surface area contributed by atoms with Crippen LogP contribution in [0.4, 0.5) is 0 Å². The molecule has 1 aliphatic rings. The molecule has 0 N–H and O–H groups in total. The molecule has 2 rings (SSSR count). The van der Waals surface area contributed by atoms with E-state index in [0.29, 0.717) is 0 Å². The van der Waals surface area contributed by atoms with Gasteiger partial charge < -0.3 is 4.74 Å². The first kappa shape index (κ1) is 10.5. The average Bonchev–Trinajstić information content (AvgIpc) is 2.29. The second-order valence-electron chi connectivity index (χ2n) is 4.16. The Morgan fingerprint density at radius 2 is 2.13 bits per heavy atom. The second kappa shape index (κ2) is 5.15. The van der Waals surface area contributed by atoms with Crippen molar-refractivity contribution in [3.05, 3.63) is 23.4 Å². The van der Waals surface area contributed by atoms with Crippen molar-refractivity contribution < 1.29 is 4.74 Å². The van der Waals surface area contributed by atoms with Crippen molar-refractivity contribution in [1.82, 2.24) is 4.98 Å². The Morgan fingerprint density at radius 1 is 1.27 bits per heavy atom. The van der Waals surface area contributed by atoms with Gasteiger partial charge in [0.2, 0.25) is 5.88 Å². The summed E-state index contributed by atoms with van der Waals surface area (Å²) in [5.41, 5.74) is 2.68. The molecule has 1 aromatic rings. The predicted octanol–water partition coefficient (Wildman–Crippen LogP) is 3.14. The van der Waals surface area contributed by atoms with Gasteiger partial charge in [0.15, 0.2) is 0 Å². The van der Waals surface area contributed by atoms with Crippen LogP contribution in [-0.2, 0) is 12.8 Å². The van der Waals surface area contributed by atoms with Gasteiger partial charge in [-0.2, -0.15) is 0 Å². The Balaban J connectivity index is 2.00. The van der Waals surface area contributed by atoms with Crippen molar-refractivity contribution in [1.29, 1.82) is 0 Å². The number of fused-ring (bicyclic) bond motifs is 1. The van der Waals surface area contributed by atoms with Crippen LogP contribution < -0.4 is 4.74 Å². The van der Waals surface area contributed by atoms with Crippen molar-refractivity contribution in [3.8, 4) is 5.88 Å². The van der Waals surface area contributed by atoms with Gasteiger partial charge >= 0.3 is 0 Å². The molecule has 0 atom stereocenters. The van der Waals surface area contributed by atoms with Crippen LogP contribution in [0.15, 0.2) is 12.1 Å². The summed E-state index contributed by atoms with van der Waals surface area (Å²) < 4.78 is 5.60. The fourth-order valence-corrected chi connectivity index (χ4v) is 1.96. The summed E-state index contributed by atoms with van der Waals surface area (Å²) in [7, 11) is 0. The van der Waals surface area contributed by atoms with Crippen LogP contribution in [0, 0.1) is 0 Å². The van der Waals surface area contributed by atoms with Crippen molar-refractivity contribution in [2.75, 3.05) is 6.61 Å². The third-order valence-electron chi connectivity index (χ3n) is 2.90. The quantitative estimate of drug-likeness (QED) is 0.704. The molecule has 0 aromatic carbocycles. The maximum Gasteiger partial charge on any atom is 0.213 e. The molecule has 15 heavy (non-hydrogen) atoms. The van der Waals surface area contributed by atoms with E-state index in [9.17, 15) is 0 Å². The number of hydrogen-bond acceptors (Lipinski definition) is 2. The minimum Gasteiger partial charge on any atom is -0.478 e. The molecule has 2 nitrogen and oxygen atoms in total. The van der Waals surface area contributed by atoms with E-state index in [1.165, 1.54) is 36.9 Å². The van der Waals surface area contributed by atoms with Gasteiger partial charge in [-0.25, -0.2) is 4.98 Å². The molecule has 0 amide bonds. The summed E-state index contributed by atoms with van der Waals surface area (Å²) in [5.74, 6) is 0.809. The van der Waals surface area contributed by atoms with Gasteiger partial charge in [0.1, 0.15) is 0 Å². The Morgan fingerprint density at radius 3 is 3.00 bits per heavy atom. The largest absolute Gasteiger partial charge is 0.478 e. The van der Waals surface area contributed by atoms with Gasteiger partial charge in [0.05, 0.1) is 6.61 Å². The summed E-state index contributed by atoms with van der Waals surface area (Å²) >= 11 is 0. The summed E-state index contributed by atoms with van der Waals surface area (Å²) in [6, 6.07) is 4.20. The average molecular weight is 205 g/mol. The molecular formula is C13H19NO. The van der Waals surface area contributed by atoms with Crippen LogP contribution in [-0.4, -0.2) is 11.6 Å². The molecular weight excluding hydrogens is 186 g/mol.